The second-order valence-corrected chi connectivity index (χ2v) is 6.36. The third-order valence-corrected chi connectivity index (χ3v) is 5.05. The lowest BCUT2D eigenvalue weighted by atomic mass is 9.84. The van der Waals surface area contributed by atoms with Crippen LogP contribution in [-0.4, -0.2) is 24.2 Å². The molecule has 1 aromatic rings. The van der Waals surface area contributed by atoms with E-state index in [1.807, 2.05) is 12.1 Å². The van der Waals surface area contributed by atoms with Crippen molar-refractivity contribution in [2.45, 2.75) is 38.5 Å². The number of carboxylic acids is 1. The van der Waals surface area contributed by atoms with Gasteiger partial charge in [-0.2, -0.15) is 0 Å². The first-order chi connectivity index (χ1) is 10.2. The highest BCUT2D eigenvalue weighted by Crippen LogP contribution is 2.48. The summed E-state index contributed by atoms with van der Waals surface area (Å²) in [6.45, 7) is 1.34. The minimum atomic E-state index is -0.632. The smallest absolute Gasteiger partial charge is 0.308 e. The van der Waals surface area contributed by atoms with Gasteiger partial charge in [-0.05, 0) is 42.2 Å². The first-order valence-corrected chi connectivity index (χ1v) is 7.72. The summed E-state index contributed by atoms with van der Waals surface area (Å²) in [5, 5.41) is 13.0. The Hall–Kier alpha value is -1.39. The van der Waals surface area contributed by atoms with Crippen LogP contribution in [0.2, 0.25) is 0 Å². The maximum atomic E-state index is 11.5. The molecular formula is C17H23NO3. The molecule has 0 amide bonds. The van der Waals surface area contributed by atoms with Crippen LogP contribution >= 0.6 is 0 Å². The van der Waals surface area contributed by atoms with Gasteiger partial charge in [-0.3, -0.25) is 4.79 Å². The topological polar surface area (TPSA) is 58.6 Å². The van der Waals surface area contributed by atoms with Gasteiger partial charge in [0.2, 0.25) is 0 Å². The molecule has 2 N–H and O–H groups in total. The number of carboxylic acid groups (broad SMARTS) is 1. The van der Waals surface area contributed by atoms with E-state index in [0.717, 1.165) is 24.9 Å². The van der Waals surface area contributed by atoms with Crippen molar-refractivity contribution in [2.75, 3.05) is 7.11 Å². The molecule has 2 aliphatic rings. The van der Waals surface area contributed by atoms with Gasteiger partial charge in [0.25, 0.3) is 0 Å². The number of benzene rings is 1. The van der Waals surface area contributed by atoms with Crippen LogP contribution in [-0.2, 0) is 22.7 Å². The van der Waals surface area contributed by atoms with Crippen LogP contribution in [0, 0.1) is 17.8 Å². The van der Waals surface area contributed by atoms with Crippen LogP contribution in [0.15, 0.2) is 24.3 Å². The Bertz CT molecular complexity index is 517. The number of carbonyl (C=O) groups is 1. The number of ether oxygens (including phenoxy) is 1. The van der Waals surface area contributed by atoms with Crippen LogP contribution in [0.4, 0.5) is 0 Å². The molecule has 2 bridgehead atoms. The van der Waals surface area contributed by atoms with Gasteiger partial charge < -0.3 is 15.2 Å². The SMILES string of the molecule is COCc1cccc(CNC2C3CCC(C3)C2C(=O)O)c1. The van der Waals surface area contributed by atoms with E-state index >= 15 is 0 Å². The average molecular weight is 289 g/mol. The number of hydrogen-bond donors (Lipinski definition) is 2. The number of aliphatic carboxylic acids is 1. The summed E-state index contributed by atoms with van der Waals surface area (Å²) in [4.78, 5) is 11.5. The first-order valence-electron chi connectivity index (χ1n) is 7.72. The molecule has 114 valence electrons. The Morgan fingerprint density at radius 1 is 1.33 bits per heavy atom. The van der Waals surface area contributed by atoms with Crippen LogP contribution < -0.4 is 5.32 Å². The fourth-order valence-corrected chi connectivity index (χ4v) is 4.17. The lowest BCUT2D eigenvalue weighted by Gasteiger charge is -2.29. The van der Waals surface area contributed by atoms with E-state index in [-0.39, 0.29) is 12.0 Å². The van der Waals surface area contributed by atoms with Gasteiger partial charge >= 0.3 is 5.97 Å². The summed E-state index contributed by atoms with van der Waals surface area (Å²) in [5.41, 5.74) is 2.34. The zero-order valence-corrected chi connectivity index (χ0v) is 12.4. The monoisotopic (exact) mass is 289 g/mol. The molecule has 3 rings (SSSR count). The van der Waals surface area contributed by atoms with Crippen molar-refractivity contribution in [3.8, 4) is 0 Å². The van der Waals surface area contributed by atoms with Crippen LogP contribution in [0.25, 0.3) is 0 Å². The molecule has 0 heterocycles. The van der Waals surface area contributed by atoms with Gasteiger partial charge in [-0.1, -0.05) is 24.3 Å². The van der Waals surface area contributed by atoms with Crippen molar-refractivity contribution in [1.29, 1.82) is 0 Å². The Morgan fingerprint density at radius 2 is 2.10 bits per heavy atom. The molecule has 0 aliphatic heterocycles. The fourth-order valence-electron chi connectivity index (χ4n) is 4.17. The number of hydrogen-bond acceptors (Lipinski definition) is 3. The standard InChI is InChI=1S/C17H23NO3/c1-21-10-12-4-2-3-11(7-12)9-18-16-14-6-5-13(8-14)15(16)17(19)20/h2-4,7,13-16,18H,5-6,8-10H2,1H3,(H,19,20). The van der Waals surface area contributed by atoms with E-state index in [9.17, 15) is 9.90 Å². The summed E-state index contributed by atoms with van der Waals surface area (Å²) in [5.74, 6) is 0.0850. The third-order valence-electron chi connectivity index (χ3n) is 5.05. The Morgan fingerprint density at radius 3 is 2.86 bits per heavy atom. The Kier molecular flexibility index (Phi) is 4.27. The molecular weight excluding hydrogens is 266 g/mol. The van der Waals surface area contributed by atoms with E-state index in [4.69, 9.17) is 4.74 Å². The molecule has 0 radical (unpaired) electrons. The van der Waals surface area contributed by atoms with E-state index in [1.54, 1.807) is 7.11 Å². The lowest BCUT2D eigenvalue weighted by molar-refractivity contribution is -0.144. The molecule has 4 heteroatoms. The van der Waals surface area contributed by atoms with Gasteiger partial charge in [0, 0.05) is 19.7 Å². The number of rotatable bonds is 6. The summed E-state index contributed by atoms with van der Waals surface area (Å²) in [6.07, 6.45) is 3.34. The highest BCUT2D eigenvalue weighted by atomic mass is 16.5. The highest BCUT2D eigenvalue weighted by Gasteiger charge is 2.50. The molecule has 4 atom stereocenters. The van der Waals surface area contributed by atoms with E-state index in [2.05, 4.69) is 17.4 Å². The highest BCUT2D eigenvalue weighted by molar-refractivity contribution is 5.72. The zero-order chi connectivity index (χ0) is 14.8. The second kappa shape index (κ2) is 6.16. The molecule has 21 heavy (non-hydrogen) atoms. The Balaban J connectivity index is 1.64. The molecule has 4 nitrogen and oxygen atoms in total. The number of fused-ring (bicyclic) bond motifs is 2. The summed E-state index contributed by atoms with van der Waals surface area (Å²) in [6, 6.07) is 8.41. The van der Waals surface area contributed by atoms with Gasteiger partial charge in [0.15, 0.2) is 0 Å². The van der Waals surface area contributed by atoms with Crippen molar-refractivity contribution in [2.24, 2.45) is 17.8 Å². The summed E-state index contributed by atoms with van der Waals surface area (Å²) < 4.78 is 5.15. The van der Waals surface area contributed by atoms with Gasteiger partial charge in [-0.25, -0.2) is 0 Å². The molecule has 2 fully saturated rings. The van der Waals surface area contributed by atoms with Crippen LogP contribution in [0.1, 0.15) is 30.4 Å². The second-order valence-electron chi connectivity index (χ2n) is 6.36. The largest absolute Gasteiger partial charge is 0.481 e. The maximum absolute atomic E-state index is 11.5. The Labute approximate surface area is 125 Å². The van der Waals surface area contributed by atoms with Gasteiger partial charge in [0.05, 0.1) is 12.5 Å². The van der Waals surface area contributed by atoms with E-state index in [1.165, 1.54) is 12.0 Å². The van der Waals surface area contributed by atoms with Crippen molar-refractivity contribution >= 4 is 5.97 Å². The fraction of sp³-hybridized carbons (Fsp3) is 0.588. The summed E-state index contributed by atoms with van der Waals surface area (Å²) in [7, 11) is 1.69. The molecule has 0 spiro atoms. The predicted molar refractivity (Wildman–Crippen MR) is 79.7 cm³/mol. The van der Waals surface area contributed by atoms with Crippen LogP contribution in [0.3, 0.4) is 0 Å². The van der Waals surface area contributed by atoms with Crippen molar-refractivity contribution < 1.29 is 14.6 Å². The zero-order valence-electron chi connectivity index (χ0n) is 12.4. The molecule has 2 saturated carbocycles. The minimum Gasteiger partial charge on any atom is -0.481 e. The molecule has 0 aromatic heterocycles. The maximum Gasteiger partial charge on any atom is 0.308 e. The quantitative estimate of drug-likeness (QED) is 0.844. The molecule has 4 unspecified atom stereocenters. The molecule has 1 aromatic carbocycles. The predicted octanol–water partition coefficient (Wildman–Crippen LogP) is 2.42. The average Bonchev–Trinajstić information content (AvgIpc) is 3.06. The van der Waals surface area contributed by atoms with Gasteiger partial charge in [0.1, 0.15) is 0 Å². The van der Waals surface area contributed by atoms with Crippen molar-refractivity contribution in [1.82, 2.24) is 5.32 Å². The van der Waals surface area contributed by atoms with E-state index in [0.29, 0.717) is 18.4 Å². The van der Waals surface area contributed by atoms with E-state index < -0.39 is 5.97 Å². The number of nitrogens with one attached hydrogen (secondary N) is 1. The lowest BCUT2D eigenvalue weighted by Crippen LogP contribution is -2.43. The van der Waals surface area contributed by atoms with Crippen LogP contribution in [0.5, 0.6) is 0 Å². The number of methoxy groups -OCH3 is 1. The van der Waals surface area contributed by atoms with Crippen molar-refractivity contribution in [3.05, 3.63) is 35.4 Å². The molecule has 0 saturated heterocycles. The normalized spacial score (nSPS) is 30.7. The summed E-state index contributed by atoms with van der Waals surface area (Å²) >= 11 is 0. The minimum absolute atomic E-state index is 0.132. The third kappa shape index (κ3) is 2.97. The van der Waals surface area contributed by atoms with Gasteiger partial charge in [-0.15, -0.1) is 0 Å². The molecule has 2 aliphatic carbocycles. The first kappa shape index (κ1) is 14.5. The van der Waals surface area contributed by atoms with Crippen molar-refractivity contribution in [3.63, 3.8) is 0 Å².